The fourth-order valence-corrected chi connectivity index (χ4v) is 4.81. The van der Waals surface area contributed by atoms with Crippen molar-refractivity contribution in [2.75, 3.05) is 18.0 Å². The molecule has 0 radical (unpaired) electrons. The van der Waals surface area contributed by atoms with E-state index in [0.717, 1.165) is 50.3 Å². The molecule has 1 aromatic heterocycles. The molecule has 2 aliphatic carbocycles. The van der Waals surface area contributed by atoms with Crippen molar-refractivity contribution >= 4 is 5.82 Å². The molecular weight excluding hydrogens is 328 g/mol. The van der Waals surface area contributed by atoms with E-state index in [1.54, 1.807) is 6.33 Å². The summed E-state index contributed by atoms with van der Waals surface area (Å²) in [6.07, 6.45) is 8.95. The molecule has 2 aliphatic heterocycles. The van der Waals surface area contributed by atoms with Crippen molar-refractivity contribution in [3.63, 3.8) is 0 Å². The van der Waals surface area contributed by atoms with Crippen LogP contribution in [-0.2, 0) is 4.74 Å². The molecule has 4 N–H and O–H groups in total. The SMILES string of the molecule is CC1(OC2CCC3NNC(c4cc(N5CC[C@H](N)C5)ncn4)C3C2)CC1. The van der Waals surface area contributed by atoms with Gasteiger partial charge in [-0.1, -0.05) is 0 Å². The van der Waals surface area contributed by atoms with Crippen molar-refractivity contribution < 1.29 is 4.74 Å². The highest BCUT2D eigenvalue weighted by Crippen LogP contribution is 2.45. The van der Waals surface area contributed by atoms with Gasteiger partial charge in [0, 0.05) is 37.2 Å². The first kappa shape index (κ1) is 16.9. The molecule has 7 nitrogen and oxygen atoms in total. The molecular formula is C19H30N6O. The van der Waals surface area contributed by atoms with Crippen LogP contribution in [-0.4, -0.2) is 46.8 Å². The third-order valence-electron chi connectivity index (χ3n) is 6.65. The van der Waals surface area contributed by atoms with E-state index in [0.29, 0.717) is 18.1 Å². The molecule has 5 rings (SSSR count). The number of hydrazine groups is 1. The van der Waals surface area contributed by atoms with Crippen molar-refractivity contribution in [3.8, 4) is 0 Å². The van der Waals surface area contributed by atoms with E-state index in [-0.39, 0.29) is 17.7 Å². The maximum Gasteiger partial charge on any atom is 0.132 e. The Morgan fingerprint density at radius 3 is 2.88 bits per heavy atom. The first-order valence-corrected chi connectivity index (χ1v) is 10.1. The molecule has 4 aliphatic rings. The Morgan fingerprint density at radius 1 is 1.23 bits per heavy atom. The third-order valence-corrected chi connectivity index (χ3v) is 6.65. The fraction of sp³-hybridized carbons (Fsp3) is 0.789. The molecule has 0 spiro atoms. The number of hydrogen-bond donors (Lipinski definition) is 3. The molecule has 0 amide bonds. The minimum Gasteiger partial charge on any atom is -0.372 e. The van der Waals surface area contributed by atoms with Gasteiger partial charge in [-0.15, -0.1) is 0 Å². The predicted octanol–water partition coefficient (Wildman–Crippen LogP) is 1.27. The molecule has 0 aromatic carbocycles. The molecule has 26 heavy (non-hydrogen) atoms. The quantitative estimate of drug-likeness (QED) is 0.747. The number of fused-ring (bicyclic) bond motifs is 1. The lowest BCUT2D eigenvalue weighted by molar-refractivity contribution is -0.0500. The summed E-state index contributed by atoms with van der Waals surface area (Å²) in [5.74, 6) is 1.52. The van der Waals surface area contributed by atoms with Crippen LogP contribution in [0.4, 0.5) is 5.82 Å². The second-order valence-electron chi connectivity index (χ2n) is 8.84. The fourth-order valence-electron chi connectivity index (χ4n) is 4.81. The van der Waals surface area contributed by atoms with Gasteiger partial charge >= 0.3 is 0 Å². The zero-order valence-corrected chi connectivity index (χ0v) is 15.5. The topological polar surface area (TPSA) is 88.3 Å². The van der Waals surface area contributed by atoms with E-state index in [9.17, 15) is 0 Å². The highest BCUT2D eigenvalue weighted by Gasteiger charge is 2.46. The molecule has 1 aromatic rings. The zero-order valence-electron chi connectivity index (χ0n) is 15.5. The Morgan fingerprint density at radius 2 is 2.12 bits per heavy atom. The van der Waals surface area contributed by atoms with Crippen molar-refractivity contribution in [2.24, 2.45) is 11.7 Å². The number of nitrogens with zero attached hydrogens (tertiary/aromatic N) is 3. The van der Waals surface area contributed by atoms with Crippen LogP contribution in [0.1, 0.15) is 57.2 Å². The van der Waals surface area contributed by atoms with Gasteiger partial charge in [-0.2, -0.15) is 0 Å². The number of anilines is 1. The average molecular weight is 358 g/mol. The van der Waals surface area contributed by atoms with Gasteiger partial charge in [0.2, 0.25) is 0 Å². The van der Waals surface area contributed by atoms with Gasteiger partial charge in [0.25, 0.3) is 0 Å². The summed E-state index contributed by atoms with van der Waals surface area (Å²) in [4.78, 5) is 11.4. The number of hydrogen-bond acceptors (Lipinski definition) is 7. The van der Waals surface area contributed by atoms with E-state index >= 15 is 0 Å². The van der Waals surface area contributed by atoms with Gasteiger partial charge in [0.15, 0.2) is 0 Å². The summed E-state index contributed by atoms with van der Waals surface area (Å²) >= 11 is 0. The number of nitrogens with two attached hydrogens (primary N) is 1. The number of rotatable bonds is 4. The van der Waals surface area contributed by atoms with Crippen LogP contribution in [0.5, 0.6) is 0 Å². The molecule has 2 saturated heterocycles. The monoisotopic (exact) mass is 358 g/mol. The maximum atomic E-state index is 6.39. The second kappa shape index (κ2) is 6.41. The smallest absolute Gasteiger partial charge is 0.132 e. The first-order chi connectivity index (χ1) is 12.6. The predicted molar refractivity (Wildman–Crippen MR) is 99.5 cm³/mol. The summed E-state index contributed by atoms with van der Waals surface area (Å²) < 4.78 is 6.39. The highest BCUT2D eigenvalue weighted by atomic mass is 16.5. The van der Waals surface area contributed by atoms with Crippen LogP contribution in [0.3, 0.4) is 0 Å². The van der Waals surface area contributed by atoms with Crippen molar-refractivity contribution in [2.45, 2.75) is 75.3 Å². The average Bonchev–Trinajstić information content (AvgIpc) is 3.05. The van der Waals surface area contributed by atoms with E-state index in [4.69, 9.17) is 10.5 Å². The Kier molecular flexibility index (Phi) is 4.15. The van der Waals surface area contributed by atoms with E-state index in [1.807, 2.05) is 0 Å². The molecule has 4 unspecified atom stereocenters. The van der Waals surface area contributed by atoms with Crippen LogP contribution in [0.25, 0.3) is 0 Å². The Balaban J connectivity index is 1.31. The lowest BCUT2D eigenvalue weighted by Gasteiger charge is -2.34. The van der Waals surface area contributed by atoms with Gasteiger partial charge in [0.05, 0.1) is 23.4 Å². The van der Waals surface area contributed by atoms with Crippen LogP contribution in [0, 0.1) is 5.92 Å². The van der Waals surface area contributed by atoms with Gasteiger partial charge < -0.3 is 15.4 Å². The van der Waals surface area contributed by atoms with E-state index in [1.165, 1.54) is 12.8 Å². The van der Waals surface area contributed by atoms with Crippen LogP contribution in [0.2, 0.25) is 0 Å². The second-order valence-corrected chi connectivity index (χ2v) is 8.84. The van der Waals surface area contributed by atoms with Gasteiger partial charge in [0.1, 0.15) is 12.1 Å². The van der Waals surface area contributed by atoms with Gasteiger partial charge in [-0.3, -0.25) is 5.43 Å². The van der Waals surface area contributed by atoms with Crippen molar-refractivity contribution in [3.05, 3.63) is 18.1 Å². The largest absolute Gasteiger partial charge is 0.372 e. The summed E-state index contributed by atoms with van der Waals surface area (Å²) in [6.45, 7) is 4.11. The molecule has 2 saturated carbocycles. The lowest BCUT2D eigenvalue weighted by atomic mass is 9.79. The first-order valence-electron chi connectivity index (χ1n) is 10.1. The normalized spacial score (nSPS) is 38.4. The standard InChI is InChI=1S/C19H30N6O/c1-19(5-6-19)26-13-2-3-15-14(8-13)18(24-23-15)16-9-17(22-11-21-16)25-7-4-12(20)10-25/h9,11-15,18,23-24H,2-8,10,20H2,1H3/t12-,13?,14?,15?,18?/m0/s1. The van der Waals surface area contributed by atoms with Gasteiger partial charge in [-0.05, 0) is 45.4 Å². The van der Waals surface area contributed by atoms with Crippen LogP contribution >= 0.6 is 0 Å². The molecule has 4 fully saturated rings. The van der Waals surface area contributed by atoms with E-state index in [2.05, 4.69) is 38.7 Å². The highest BCUT2D eigenvalue weighted by molar-refractivity contribution is 5.41. The maximum absolute atomic E-state index is 6.39. The summed E-state index contributed by atoms with van der Waals surface area (Å²) in [5.41, 5.74) is 14.3. The summed E-state index contributed by atoms with van der Waals surface area (Å²) in [5, 5.41) is 0. The third kappa shape index (κ3) is 3.22. The summed E-state index contributed by atoms with van der Waals surface area (Å²) in [7, 11) is 0. The number of nitrogens with one attached hydrogen (secondary N) is 2. The molecule has 0 bridgehead atoms. The molecule has 5 atom stereocenters. The Labute approximate surface area is 155 Å². The van der Waals surface area contributed by atoms with Crippen LogP contribution < -0.4 is 21.5 Å². The Bertz CT molecular complexity index is 665. The van der Waals surface area contributed by atoms with E-state index < -0.39 is 0 Å². The zero-order chi connectivity index (χ0) is 17.7. The minimum absolute atomic E-state index is 0.156. The molecule has 3 heterocycles. The minimum atomic E-state index is 0.156. The van der Waals surface area contributed by atoms with Crippen molar-refractivity contribution in [1.82, 2.24) is 20.8 Å². The number of ether oxygens (including phenoxy) is 1. The Hall–Kier alpha value is -1.28. The van der Waals surface area contributed by atoms with Gasteiger partial charge in [-0.25, -0.2) is 15.4 Å². The van der Waals surface area contributed by atoms with Crippen LogP contribution in [0.15, 0.2) is 12.4 Å². The molecule has 7 heteroatoms. The lowest BCUT2D eigenvalue weighted by Crippen LogP contribution is -2.38. The van der Waals surface area contributed by atoms with Crippen molar-refractivity contribution in [1.29, 1.82) is 0 Å². The molecule has 142 valence electrons. The number of aromatic nitrogens is 2. The summed E-state index contributed by atoms with van der Waals surface area (Å²) in [6, 6.07) is 3.12.